The predicted molar refractivity (Wildman–Crippen MR) is 48.3 cm³/mol. The smallest absolute Gasteiger partial charge is 0.280 e. The molecule has 3 nitrogen and oxygen atoms in total. The summed E-state index contributed by atoms with van der Waals surface area (Å²) in [5, 5.41) is 17.6. The average molecular weight is 296 g/mol. The highest BCUT2D eigenvalue weighted by Gasteiger charge is 2.15. The maximum atomic E-state index is 12.1. The second kappa shape index (κ2) is 3.83. The first-order chi connectivity index (χ1) is 6.06. The molecule has 0 radical (unpaired) electrons. The molecule has 0 aliphatic heterocycles. The van der Waals surface area contributed by atoms with Crippen molar-refractivity contribution in [3.8, 4) is 11.8 Å². The van der Waals surface area contributed by atoms with Crippen molar-refractivity contribution in [2.45, 2.75) is 6.43 Å². The lowest BCUT2D eigenvalue weighted by atomic mass is 10.3. The zero-order chi connectivity index (χ0) is 10.0. The fraction of sp³-hybridized carbons (Fsp3) is 0.143. The number of nitrogens with zero attached hydrogens (tertiary/aromatic N) is 2. The maximum Gasteiger partial charge on any atom is 0.280 e. The van der Waals surface area contributed by atoms with Crippen LogP contribution in [0.15, 0.2) is 6.07 Å². The molecule has 0 unspecified atom stereocenters. The minimum atomic E-state index is -2.73. The number of aromatic hydroxyl groups is 1. The minimum Gasteiger partial charge on any atom is -0.504 e. The van der Waals surface area contributed by atoms with Crippen LogP contribution >= 0.6 is 22.6 Å². The number of hydrogen-bond acceptors (Lipinski definition) is 3. The molecule has 13 heavy (non-hydrogen) atoms. The molecule has 1 heterocycles. The summed E-state index contributed by atoms with van der Waals surface area (Å²) in [6.07, 6.45) is -2.73. The van der Waals surface area contributed by atoms with E-state index in [4.69, 9.17) is 10.4 Å². The van der Waals surface area contributed by atoms with Gasteiger partial charge in [0.15, 0.2) is 11.4 Å². The van der Waals surface area contributed by atoms with Crippen molar-refractivity contribution in [3.63, 3.8) is 0 Å². The highest BCUT2D eigenvalue weighted by molar-refractivity contribution is 14.1. The van der Waals surface area contributed by atoms with E-state index in [0.717, 1.165) is 6.07 Å². The first kappa shape index (κ1) is 10.1. The Balaban J connectivity index is 3.32. The summed E-state index contributed by atoms with van der Waals surface area (Å²) in [6.45, 7) is 0. The van der Waals surface area contributed by atoms with E-state index in [2.05, 4.69) is 4.98 Å². The van der Waals surface area contributed by atoms with E-state index in [1.54, 1.807) is 22.6 Å². The lowest BCUT2D eigenvalue weighted by Crippen LogP contribution is -1.95. The number of alkyl halides is 2. The Morgan fingerprint density at radius 2 is 2.23 bits per heavy atom. The van der Waals surface area contributed by atoms with Crippen LogP contribution in [-0.4, -0.2) is 10.1 Å². The monoisotopic (exact) mass is 296 g/mol. The van der Waals surface area contributed by atoms with Crippen LogP contribution in [-0.2, 0) is 0 Å². The van der Waals surface area contributed by atoms with Crippen LogP contribution in [0.2, 0.25) is 0 Å². The first-order valence-electron chi connectivity index (χ1n) is 3.14. The number of halogens is 3. The Kier molecular flexibility index (Phi) is 2.98. The van der Waals surface area contributed by atoms with Crippen LogP contribution < -0.4 is 0 Å². The highest BCUT2D eigenvalue weighted by atomic mass is 127. The molecule has 0 bridgehead atoms. The van der Waals surface area contributed by atoms with Crippen molar-refractivity contribution in [2.75, 3.05) is 0 Å². The van der Waals surface area contributed by atoms with Gasteiger partial charge in [-0.1, -0.05) is 0 Å². The molecule has 0 aromatic carbocycles. The normalized spacial score (nSPS) is 10.1. The molecule has 0 saturated carbocycles. The molecule has 0 aliphatic rings. The van der Waals surface area contributed by atoms with Crippen LogP contribution in [0.3, 0.4) is 0 Å². The third kappa shape index (κ3) is 2.03. The fourth-order valence-electron chi connectivity index (χ4n) is 0.715. The van der Waals surface area contributed by atoms with Crippen LogP contribution in [0.1, 0.15) is 17.8 Å². The molecule has 1 aromatic rings. The summed E-state index contributed by atoms with van der Waals surface area (Å²) >= 11 is 1.66. The molecule has 0 saturated heterocycles. The SMILES string of the molecule is N#Cc1nc(C(F)F)cc(I)c1O. The third-order valence-corrected chi connectivity index (χ3v) is 2.12. The van der Waals surface area contributed by atoms with Crippen molar-refractivity contribution in [2.24, 2.45) is 0 Å². The Bertz CT molecular complexity index is 375. The van der Waals surface area contributed by atoms with E-state index < -0.39 is 12.1 Å². The summed E-state index contributed by atoms with van der Waals surface area (Å²) < 4.78 is 24.5. The van der Waals surface area contributed by atoms with Gasteiger partial charge in [-0.05, 0) is 28.7 Å². The number of aromatic nitrogens is 1. The largest absolute Gasteiger partial charge is 0.504 e. The van der Waals surface area contributed by atoms with E-state index in [9.17, 15) is 8.78 Å². The molecule has 0 spiro atoms. The van der Waals surface area contributed by atoms with Gasteiger partial charge >= 0.3 is 0 Å². The Hall–Kier alpha value is -0.970. The molecule has 0 fully saturated rings. The molecule has 1 N–H and O–H groups in total. The minimum absolute atomic E-state index is 0.194. The molecule has 0 amide bonds. The van der Waals surface area contributed by atoms with Crippen molar-refractivity contribution >= 4 is 22.6 Å². The summed E-state index contributed by atoms with van der Waals surface area (Å²) in [5.74, 6) is -0.354. The third-order valence-electron chi connectivity index (χ3n) is 1.30. The van der Waals surface area contributed by atoms with Gasteiger partial charge in [0, 0.05) is 0 Å². The fourth-order valence-corrected chi connectivity index (χ4v) is 1.29. The van der Waals surface area contributed by atoms with Crippen molar-refractivity contribution in [1.29, 1.82) is 5.26 Å². The second-order valence-corrected chi connectivity index (χ2v) is 3.30. The summed E-state index contributed by atoms with van der Waals surface area (Å²) in [5.41, 5.74) is -0.874. The van der Waals surface area contributed by atoms with Crippen LogP contribution in [0, 0.1) is 14.9 Å². The van der Waals surface area contributed by atoms with Gasteiger partial charge in [-0.3, -0.25) is 0 Å². The van der Waals surface area contributed by atoms with E-state index in [1.165, 1.54) is 6.07 Å². The Labute approximate surface area is 86.2 Å². The number of hydrogen-bond donors (Lipinski definition) is 1. The van der Waals surface area contributed by atoms with E-state index in [-0.39, 0.29) is 15.0 Å². The Morgan fingerprint density at radius 3 is 2.69 bits per heavy atom. The van der Waals surface area contributed by atoms with Gasteiger partial charge in [0.1, 0.15) is 11.8 Å². The summed E-state index contributed by atoms with van der Waals surface area (Å²) in [6, 6.07) is 2.58. The van der Waals surface area contributed by atoms with Gasteiger partial charge < -0.3 is 5.11 Å². The molecular formula is C7H3F2IN2O. The molecule has 6 heteroatoms. The lowest BCUT2D eigenvalue weighted by molar-refractivity contribution is 0.145. The number of nitriles is 1. The zero-order valence-electron chi connectivity index (χ0n) is 6.13. The van der Waals surface area contributed by atoms with Gasteiger partial charge in [0.2, 0.25) is 0 Å². The summed E-state index contributed by atoms with van der Waals surface area (Å²) in [7, 11) is 0. The molecule has 1 rings (SSSR count). The Morgan fingerprint density at radius 1 is 1.62 bits per heavy atom. The van der Waals surface area contributed by atoms with Gasteiger partial charge in [-0.15, -0.1) is 0 Å². The second-order valence-electron chi connectivity index (χ2n) is 2.14. The van der Waals surface area contributed by atoms with E-state index >= 15 is 0 Å². The lowest BCUT2D eigenvalue weighted by Gasteiger charge is -2.02. The maximum absolute atomic E-state index is 12.1. The zero-order valence-corrected chi connectivity index (χ0v) is 8.29. The van der Waals surface area contributed by atoms with Gasteiger partial charge in [-0.25, -0.2) is 13.8 Å². The van der Waals surface area contributed by atoms with Crippen molar-refractivity contribution < 1.29 is 13.9 Å². The van der Waals surface area contributed by atoms with Crippen LogP contribution in [0.5, 0.6) is 5.75 Å². The van der Waals surface area contributed by atoms with Gasteiger partial charge in [0.25, 0.3) is 6.43 Å². The van der Waals surface area contributed by atoms with E-state index in [1.807, 2.05) is 0 Å². The highest BCUT2D eigenvalue weighted by Crippen LogP contribution is 2.27. The average Bonchev–Trinajstić information content (AvgIpc) is 2.09. The quantitative estimate of drug-likeness (QED) is 0.808. The molecular weight excluding hydrogens is 293 g/mol. The van der Waals surface area contributed by atoms with Crippen LogP contribution in [0.4, 0.5) is 8.78 Å². The van der Waals surface area contributed by atoms with Crippen molar-refractivity contribution in [1.82, 2.24) is 4.98 Å². The first-order valence-corrected chi connectivity index (χ1v) is 4.21. The molecule has 0 atom stereocenters. The van der Waals surface area contributed by atoms with Gasteiger partial charge in [-0.2, -0.15) is 5.26 Å². The van der Waals surface area contributed by atoms with E-state index in [0.29, 0.717) is 0 Å². The topological polar surface area (TPSA) is 56.9 Å². The molecule has 1 aromatic heterocycles. The molecule has 68 valence electrons. The van der Waals surface area contributed by atoms with Crippen LogP contribution in [0.25, 0.3) is 0 Å². The van der Waals surface area contributed by atoms with Crippen molar-refractivity contribution in [3.05, 3.63) is 21.0 Å². The van der Waals surface area contributed by atoms with Gasteiger partial charge in [0.05, 0.1) is 3.57 Å². The standard InChI is InChI=1S/C7H3F2IN2O/c8-7(9)4-1-3(10)6(13)5(2-11)12-4/h1,7,13H. The summed E-state index contributed by atoms with van der Waals surface area (Å²) in [4.78, 5) is 3.29. The number of pyridine rings is 1. The number of rotatable bonds is 1. The molecule has 0 aliphatic carbocycles. The predicted octanol–water partition coefficient (Wildman–Crippen LogP) is 2.20.